The first-order chi connectivity index (χ1) is 12.8. The number of ether oxygens (including phenoxy) is 1. The molecule has 0 aliphatic carbocycles. The van der Waals surface area contributed by atoms with Gasteiger partial charge in [-0.15, -0.1) is 11.3 Å². The van der Waals surface area contributed by atoms with Crippen LogP contribution < -0.4 is 4.90 Å². The Morgan fingerprint density at radius 3 is 2.65 bits per heavy atom. The summed E-state index contributed by atoms with van der Waals surface area (Å²) in [5.41, 5.74) is 2.26. The molecule has 26 heavy (non-hydrogen) atoms. The molecule has 1 fully saturated rings. The van der Waals surface area contributed by atoms with Crippen LogP contribution in [0, 0.1) is 0 Å². The summed E-state index contributed by atoms with van der Waals surface area (Å²) in [4.78, 5) is 14.1. The van der Waals surface area contributed by atoms with Gasteiger partial charge >= 0.3 is 0 Å². The van der Waals surface area contributed by atoms with Gasteiger partial charge in [-0.25, -0.2) is 9.97 Å². The van der Waals surface area contributed by atoms with E-state index in [2.05, 4.69) is 48.8 Å². The molecule has 3 heterocycles. The largest absolute Gasteiger partial charge is 0.377 e. The van der Waals surface area contributed by atoms with Crippen LogP contribution in [0.2, 0.25) is 0 Å². The molecule has 8 heteroatoms. The molecule has 0 unspecified atom stereocenters. The number of hydrogen-bond donors (Lipinski definition) is 0. The summed E-state index contributed by atoms with van der Waals surface area (Å²) >= 11 is 3.20. The number of aromatic nitrogens is 3. The average molecular weight is 388 g/mol. The second-order valence-electron chi connectivity index (χ2n) is 6.18. The van der Waals surface area contributed by atoms with Gasteiger partial charge in [0.05, 0.1) is 12.2 Å². The molecular formula is C18H21N5OS2. The number of piperazine rings is 1. The van der Waals surface area contributed by atoms with E-state index in [9.17, 15) is 0 Å². The predicted molar refractivity (Wildman–Crippen MR) is 106 cm³/mol. The van der Waals surface area contributed by atoms with Crippen LogP contribution in [0.25, 0.3) is 11.3 Å². The molecule has 0 radical (unpaired) electrons. The molecule has 3 aromatic rings. The number of nitrogens with zero attached hydrogens (tertiary/aromatic N) is 5. The lowest BCUT2D eigenvalue weighted by Crippen LogP contribution is -2.45. The summed E-state index contributed by atoms with van der Waals surface area (Å²) in [6.07, 6.45) is 0. The fraction of sp³-hybridized carbons (Fsp3) is 0.389. The number of thiazole rings is 1. The van der Waals surface area contributed by atoms with Gasteiger partial charge in [-0.2, -0.15) is 4.37 Å². The Bertz CT molecular complexity index is 827. The molecule has 0 amide bonds. The van der Waals surface area contributed by atoms with E-state index >= 15 is 0 Å². The molecule has 0 saturated carbocycles. The van der Waals surface area contributed by atoms with Crippen molar-refractivity contribution in [2.24, 2.45) is 0 Å². The minimum absolute atomic E-state index is 0.476. The van der Waals surface area contributed by atoms with Crippen LogP contribution in [0.3, 0.4) is 0 Å². The van der Waals surface area contributed by atoms with E-state index in [-0.39, 0.29) is 0 Å². The van der Waals surface area contributed by atoms with E-state index in [0.29, 0.717) is 6.61 Å². The number of hydrogen-bond acceptors (Lipinski definition) is 8. The van der Waals surface area contributed by atoms with E-state index in [4.69, 9.17) is 9.72 Å². The number of methoxy groups -OCH3 is 1. The Labute approximate surface area is 161 Å². The number of anilines is 1. The van der Waals surface area contributed by atoms with Crippen molar-refractivity contribution in [1.82, 2.24) is 19.2 Å². The Morgan fingerprint density at radius 1 is 1.08 bits per heavy atom. The van der Waals surface area contributed by atoms with Crippen molar-refractivity contribution in [2.45, 2.75) is 13.2 Å². The minimum Gasteiger partial charge on any atom is -0.377 e. The molecule has 2 aromatic heterocycles. The maximum absolute atomic E-state index is 5.10. The van der Waals surface area contributed by atoms with E-state index < -0.39 is 0 Å². The van der Waals surface area contributed by atoms with Crippen molar-refractivity contribution in [3.8, 4) is 11.3 Å². The van der Waals surface area contributed by atoms with Crippen LogP contribution in [0.1, 0.15) is 10.8 Å². The van der Waals surface area contributed by atoms with Gasteiger partial charge in [-0.1, -0.05) is 30.3 Å². The van der Waals surface area contributed by atoms with E-state index in [1.807, 2.05) is 6.07 Å². The predicted octanol–water partition coefficient (Wildman–Crippen LogP) is 3.13. The SMILES string of the molecule is COCc1nsc(N2CCN(Cc3nc(-c4ccccc4)cs3)CC2)n1. The summed E-state index contributed by atoms with van der Waals surface area (Å²) < 4.78 is 9.44. The third-order valence-electron chi connectivity index (χ3n) is 4.35. The molecule has 1 saturated heterocycles. The molecule has 0 atom stereocenters. The number of benzene rings is 1. The van der Waals surface area contributed by atoms with Gasteiger partial charge in [0.2, 0.25) is 5.13 Å². The van der Waals surface area contributed by atoms with Crippen LogP contribution in [-0.2, 0) is 17.9 Å². The minimum atomic E-state index is 0.476. The van der Waals surface area contributed by atoms with Crippen molar-refractivity contribution in [1.29, 1.82) is 0 Å². The number of rotatable bonds is 6. The molecule has 0 bridgehead atoms. The van der Waals surface area contributed by atoms with E-state index in [0.717, 1.165) is 49.4 Å². The fourth-order valence-electron chi connectivity index (χ4n) is 2.97. The van der Waals surface area contributed by atoms with E-state index in [1.54, 1.807) is 18.4 Å². The zero-order valence-corrected chi connectivity index (χ0v) is 16.3. The maximum atomic E-state index is 5.10. The van der Waals surface area contributed by atoms with Crippen LogP contribution in [-0.4, -0.2) is 52.5 Å². The lowest BCUT2D eigenvalue weighted by atomic mass is 10.2. The van der Waals surface area contributed by atoms with Crippen LogP contribution in [0.5, 0.6) is 0 Å². The standard InChI is InChI=1S/C18H21N5OS2/c1-24-12-16-20-18(26-21-16)23-9-7-22(8-10-23)11-17-19-15(13-25-17)14-5-3-2-4-6-14/h2-6,13H,7-12H2,1H3. The maximum Gasteiger partial charge on any atom is 0.205 e. The lowest BCUT2D eigenvalue weighted by molar-refractivity contribution is 0.179. The second-order valence-corrected chi connectivity index (χ2v) is 7.85. The smallest absolute Gasteiger partial charge is 0.205 e. The Morgan fingerprint density at radius 2 is 1.88 bits per heavy atom. The molecular weight excluding hydrogens is 366 g/mol. The fourth-order valence-corrected chi connectivity index (χ4v) is 4.54. The first-order valence-corrected chi connectivity index (χ1v) is 10.3. The van der Waals surface area contributed by atoms with Crippen LogP contribution in [0.15, 0.2) is 35.7 Å². The van der Waals surface area contributed by atoms with Gasteiger partial charge in [-0.3, -0.25) is 4.90 Å². The third kappa shape index (κ3) is 4.09. The van der Waals surface area contributed by atoms with Crippen LogP contribution in [0.4, 0.5) is 5.13 Å². The van der Waals surface area contributed by atoms with Gasteiger partial charge in [0.1, 0.15) is 11.6 Å². The lowest BCUT2D eigenvalue weighted by Gasteiger charge is -2.33. The van der Waals surface area contributed by atoms with Crippen molar-refractivity contribution in [3.05, 3.63) is 46.5 Å². The topological polar surface area (TPSA) is 54.4 Å². The molecule has 1 aromatic carbocycles. The highest BCUT2D eigenvalue weighted by atomic mass is 32.1. The molecule has 1 aliphatic rings. The van der Waals surface area contributed by atoms with Gasteiger partial charge in [-0.05, 0) is 0 Å². The Kier molecular flexibility index (Phi) is 5.54. The van der Waals surface area contributed by atoms with Crippen molar-refractivity contribution >= 4 is 28.0 Å². The molecule has 136 valence electrons. The molecule has 0 N–H and O–H groups in total. The van der Waals surface area contributed by atoms with Gasteiger partial charge in [0.15, 0.2) is 5.82 Å². The Balaban J connectivity index is 1.32. The normalized spacial score (nSPS) is 15.5. The van der Waals surface area contributed by atoms with Crippen molar-refractivity contribution in [3.63, 3.8) is 0 Å². The molecule has 1 aliphatic heterocycles. The zero-order valence-electron chi connectivity index (χ0n) is 14.7. The summed E-state index contributed by atoms with van der Waals surface area (Å²) in [7, 11) is 1.67. The molecule has 0 spiro atoms. The Hall–Kier alpha value is -1.87. The van der Waals surface area contributed by atoms with Gasteiger partial charge < -0.3 is 9.64 Å². The van der Waals surface area contributed by atoms with Gasteiger partial charge in [0, 0.05) is 55.8 Å². The zero-order chi connectivity index (χ0) is 17.8. The van der Waals surface area contributed by atoms with Crippen molar-refractivity contribution < 1.29 is 4.74 Å². The summed E-state index contributed by atoms with van der Waals surface area (Å²) in [6, 6.07) is 10.4. The van der Waals surface area contributed by atoms with Crippen LogP contribution >= 0.6 is 22.9 Å². The molecule has 4 rings (SSSR count). The quantitative estimate of drug-likeness (QED) is 0.648. The third-order valence-corrected chi connectivity index (χ3v) is 6.00. The second kappa shape index (κ2) is 8.22. The summed E-state index contributed by atoms with van der Waals surface area (Å²) in [6.45, 7) is 5.36. The monoisotopic (exact) mass is 387 g/mol. The average Bonchev–Trinajstić information content (AvgIpc) is 3.33. The van der Waals surface area contributed by atoms with E-state index in [1.165, 1.54) is 22.1 Å². The summed E-state index contributed by atoms with van der Waals surface area (Å²) in [5, 5.41) is 4.33. The molecule has 6 nitrogen and oxygen atoms in total. The highest BCUT2D eigenvalue weighted by molar-refractivity contribution is 7.10. The summed E-state index contributed by atoms with van der Waals surface area (Å²) in [5.74, 6) is 0.770. The highest BCUT2D eigenvalue weighted by Crippen LogP contribution is 2.24. The first kappa shape index (κ1) is 17.5. The van der Waals surface area contributed by atoms with Gasteiger partial charge in [0.25, 0.3) is 0 Å². The highest BCUT2D eigenvalue weighted by Gasteiger charge is 2.21. The van der Waals surface area contributed by atoms with Crippen molar-refractivity contribution in [2.75, 3.05) is 38.2 Å². The first-order valence-electron chi connectivity index (χ1n) is 8.60.